The molecule has 2 aromatic carbocycles. The Kier molecular flexibility index (Phi) is 6.86. The molecule has 5 nitrogen and oxygen atoms in total. The van der Waals surface area contributed by atoms with Gasteiger partial charge in [0.05, 0.1) is 23.4 Å². The molecule has 0 radical (unpaired) electrons. The zero-order chi connectivity index (χ0) is 21.8. The number of carbonyl (C=O) groups is 1. The summed E-state index contributed by atoms with van der Waals surface area (Å²) in [6.07, 6.45) is 0. The van der Waals surface area contributed by atoms with Gasteiger partial charge >= 0.3 is 5.97 Å². The molecule has 0 spiro atoms. The molecule has 0 N–H and O–H groups in total. The molecular weight excluding hydrogens is 410 g/mol. The Labute approximate surface area is 188 Å². The van der Waals surface area contributed by atoms with Crippen molar-refractivity contribution in [3.8, 4) is 0 Å². The normalized spacial score (nSPS) is 15.3. The van der Waals surface area contributed by atoms with E-state index in [1.54, 1.807) is 0 Å². The van der Waals surface area contributed by atoms with Gasteiger partial charge in [0.1, 0.15) is 0 Å². The van der Waals surface area contributed by atoms with Crippen molar-refractivity contribution < 1.29 is 9.53 Å². The number of halogens is 1. The van der Waals surface area contributed by atoms with E-state index in [0.29, 0.717) is 18.7 Å². The van der Waals surface area contributed by atoms with E-state index in [1.807, 2.05) is 50.2 Å². The number of ether oxygens (including phenoxy) is 1. The molecule has 6 heteroatoms. The molecule has 0 bridgehead atoms. The van der Waals surface area contributed by atoms with E-state index in [0.717, 1.165) is 59.9 Å². The molecule has 162 valence electrons. The lowest BCUT2D eigenvalue weighted by Crippen LogP contribution is -2.45. The first-order valence-electron chi connectivity index (χ1n) is 10.8. The van der Waals surface area contributed by atoms with Gasteiger partial charge in [-0.05, 0) is 43.2 Å². The molecule has 1 aliphatic rings. The third-order valence-corrected chi connectivity index (χ3v) is 6.12. The summed E-state index contributed by atoms with van der Waals surface area (Å²) in [5.74, 6) is -0.283. The number of pyridine rings is 1. The Morgan fingerprint density at radius 1 is 1.00 bits per heavy atom. The molecular formula is C25H28ClN3O2. The summed E-state index contributed by atoms with van der Waals surface area (Å²) in [7, 11) is 0. The summed E-state index contributed by atoms with van der Waals surface area (Å²) >= 11 is 5.99. The molecule has 0 aliphatic carbocycles. The number of aromatic nitrogens is 1. The first kappa shape index (κ1) is 21.8. The van der Waals surface area contributed by atoms with E-state index >= 15 is 0 Å². The highest BCUT2D eigenvalue weighted by Crippen LogP contribution is 2.25. The summed E-state index contributed by atoms with van der Waals surface area (Å²) in [4.78, 5) is 22.4. The van der Waals surface area contributed by atoms with Crippen LogP contribution < -0.4 is 0 Å². The van der Waals surface area contributed by atoms with Crippen LogP contribution in [0, 0.1) is 6.92 Å². The maximum absolute atomic E-state index is 12.8. The number of rotatable bonds is 6. The van der Waals surface area contributed by atoms with E-state index in [2.05, 4.69) is 21.9 Å². The summed E-state index contributed by atoms with van der Waals surface area (Å²) < 4.78 is 5.36. The van der Waals surface area contributed by atoms with Crippen molar-refractivity contribution in [3.63, 3.8) is 0 Å². The van der Waals surface area contributed by atoms with Crippen molar-refractivity contribution >= 4 is 28.5 Å². The molecule has 1 saturated heterocycles. The first-order chi connectivity index (χ1) is 15.0. The number of hydrogen-bond acceptors (Lipinski definition) is 5. The van der Waals surface area contributed by atoms with Crippen LogP contribution in [0.4, 0.5) is 0 Å². The molecule has 0 amide bonds. The van der Waals surface area contributed by atoms with E-state index in [9.17, 15) is 4.79 Å². The summed E-state index contributed by atoms with van der Waals surface area (Å²) in [5, 5.41) is 1.77. The standard InChI is InChI=1S/C25H28ClN3O2/c1-3-31-25(30)24-18(2)21-6-4-5-7-22(21)27-23(24)17-29-14-12-28(13-15-29)16-19-8-10-20(26)11-9-19/h4-11H,3,12-17H2,1-2H3. The van der Waals surface area contributed by atoms with E-state index in [1.165, 1.54) is 5.56 Å². The monoisotopic (exact) mass is 437 g/mol. The van der Waals surface area contributed by atoms with Gasteiger partial charge in [-0.1, -0.05) is 41.9 Å². The number of piperazine rings is 1. The Morgan fingerprint density at radius 2 is 1.65 bits per heavy atom. The van der Waals surface area contributed by atoms with Crippen molar-refractivity contribution in [3.05, 3.63) is 75.9 Å². The molecule has 0 atom stereocenters. The lowest BCUT2D eigenvalue weighted by molar-refractivity contribution is 0.0521. The molecule has 4 rings (SSSR count). The molecule has 0 unspecified atom stereocenters. The molecule has 2 heterocycles. The fourth-order valence-corrected chi connectivity index (χ4v) is 4.32. The van der Waals surface area contributed by atoms with Gasteiger partial charge in [0, 0.05) is 49.7 Å². The predicted octanol–water partition coefficient (Wildman–Crippen LogP) is 4.69. The van der Waals surface area contributed by atoms with E-state index < -0.39 is 0 Å². The van der Waals surface area contributed by atoms with Gasteiger partial charge in [-0.15, -0.1) is 0 Å². The Morgan fingerprint density at radius 3 is 2.32 bits per heavy atom. The number of benzene rings is 2. The van der Waals surface area contributed by atoms with Gasteiger partial charge in [0.15, 0.2) is 0 Å². The number of carbonyl (C=O) groups excluding carboxylic acids is 1. The van der Waals surface area contributed by atoms with Gasteiger partial charge < -0.3 is 4.74 Å². The molecule has 1 aromatic heterocycles. The molecule has 1 aliphatic heterocycles. The van der Waals surface area contributed by atoms with Crippen LogP contribution in [0.25, 0.3) is 10.9 Å². The summed E-state index contributed by atoms with van der Waals surface area (Å²) in [6.45, 7) is 9.57. The van der Waals surface area contributed by atoms with E-state index in [-0.39, 0.29) is 5.97 Å². The van der Waals surface area contributed by atoms with Gasteiger partial charge in [-0.3, -0.25) is 14.8 Å². The highest BCUT2D eigenvalue weighted by molar-refractivity contribution is 6.30. The molecule has 3 aromatic rings. The number of aryl methyl sites for hydroxylation is 1. The van der Waals surface area contributed by atoms with Crippen LogP contribution in [0.15, 0.2) is 48.5 Å². The predicted molar refractivity (Wildman–Crippen MR) is 124 cm³/mol. The summed E-state index contributed by atoms with van der Waals surface area (Å²) in [5.41, 5.74) is 4.56. The zero-order valence-electron chi connectivity index (χ0n) is 18.1. The van der Waals surface area contributed by atoms with Crippen LogP contribution in [-0.2, 0) is 17.8 Å². The van der Waals surface area contributed by atoms with Crippen LogP contribution in [0.1, 0.15) is 34.1 Å². The van der Waals surface area contributed by atoms with Crippen molar-refractivity contribution in [2.24, 2.45) is 0 Å². The number of esters is 1. The minimum absolute atomic E-state index is 0.283. The van der Waals surface area contributed by atoms with Crippen molar-refractivity contribution in [2.75, 3.05) is 32.8 Å². The molecule has 31 heavy (non-hydrogen) atoms. The van der Waals surface area contributed by atoms with Crippen LogP contribution in [0.5, 0.6) is 0 Å². The second-order valence-corrected chi connectivity index (χ2v) is 8.41. The Hall–Kier alpha value is -2.47. The second-order valence-electron chi connectivity index (χ2n) is 7.97. The maximum atomic E-state index is 12.8. The van der Waals surface area contributed by atoms with Crippen molar-refractivity contribution in [1.82, 2.24) is 14.8 Å². The quantitative estimate of drug-likeness (QED) is 0.523. The minimum atomic E-state index is -0.283. The Balaban J connectivity index is 1.49. The molecule has 0 saturated carbocycles. The first-order valence-corrected chi connectivity index (χ1v) is 11.2. The van der Waals surface area contributed by atoms with Gasteiger partial charge in [0.2, 0.25) is 0 Å². The Bertz CT molecular complexity index is 1060. The third-order valence-electron chi connectivity index (χ3n) is 5.86. The van der Waals surface area contributed by atoms with Gasteiger partial charge in [0.25, 0.3) is 0 Å². The largest absolute Gasteiger partial charge is 0.462 e. The average Bonchev–Trinajstić information content (AvgIpc) is 2.77. The fraction of sp³-hybridized carbons (Fsp3) is 0.360. The number of fused-ring (bicyclic) bond motifs is 1. The highest BCUT2D eigenvalue weighted by Gasteiger charge is 2.23. The lowest BCUT2D eigenvalue weighted by atomic mass is 10.0. The molecule has 1 fully saturated rings. The number of para-hydroxylation sites is 1. The van der Waals surface area contributed by atoms with Crippen LogP contribution in [0.2, 0.25) is 5.02 Å². The highest BCUT2D eigenvalue weighted by atomic mass is 35.5. The van der Waals surface area contributed by atoms with Crippen LogP contribution in [-0.4, -0.2) is 53.5 Å². The maximum Gasteiger partial charge on any atom is 0.340 e. The van der Waals surface area contributed by atoms with Gasteiger partial charge in [-0.2, -0.15) is 0 Å². The van der Waals surface area contributed by atoms with Gasteiger partial charge in [-0.25, -0.2) is 4.79 Å². The smallest absolute Gasteiger partial charge is 0.340 e. The number of nitrogens with zero attached hydrogens (tertiary/aromatic N) is 3. The van der Waals surface area contributed by atoms with Crippen LogP contribution in [0.3, 0.4) is 0 Å². The second kappa shape index (κ2) is 9.77. The van der Waals surface area contributed by atoms with Crippen molar-refractivity contribution in [1.29, 1.82) is 0 Å². The third kappa shape index (κ3) is 5.06. The lowest BCUT2D eigenvalue weighted by Gasteiger charge is -2.34. The average molecular weight is 438 g/mol. The summed E-state index contributed by atoms with van der Waals surface area (Å²) in [6, 6.07) is 16.0. The zero-order valence-corrected chi connectivity index (χ0v) is 18.9. The van der Waals surface area contributed by atoms with Crippen LogP contribution >= 0.6 is 11.6 Å². The van der Waals surface area contributed by atoms with Crippen molar-refractivity contribution in [2.45, 2.75) is 26.9 Å². The SMILES string of the molecule is CCOC(=O)c1c(CN2CCN(Cc3ccc(Cl)cc3)CC2)nc2ccccc2c1C. The topological polar surface area (TPSA) is 45.7 Å². The fourth-order valence-electron chi connectivity index (χ4n) is 4.19. The van der Waals surface area contributed by atoms with E-state index in [4.69, 9.17) is 21.3 Å². The minimum Gasteiger partial charge on any atom is -0.462 e. The number of hydrogen-bond donors (Lipinski definition) is 0.